The van der Waals surface area contributed by atoms with Crippen LogP contribution in [0.3, 0.4) is 0 Å². The number of benzene rings is 3. The number of hydrogen-bond acceptors (Lipinski definition) is 7. The molecule has 1 aliphatic rings. The van der Waals surface area contributed by atoms with Gasteiger partial charge in [-0.3, -0.25) is 0 Å². The van der Waals surface area contributed by atoms with Crippen LogP contribution < -0.4 is 10.1 Å². The van der Waals surface area contributed by atoms with Crippen LogP contribution in [0.1, 0.15) is 37.0 Å². The Balaban J connectivity index is 1.17. The fourth-order valence-corrected chi connectivity index (χ4v) is 5.58. The van der Waals surface area contributed by atoms with Gasteiger partial charge in [0.05, 0.1) is 16.3 Å². The maximum atomic E-state index is 13.5. The van der Waals surface area contributed by atoms with Gasteiger partial charge in [0.2, 0.25) is 0 Å². The molecule has 3 aromatic carbocycles. The Hall–Kier alpha value is -4.47. The van der Waals surface area contributed by atoms with Gasteiger partial charge < -0.3 is 24.4 Å². The van der Waals surface area contributed by atoms with Crippen molar-refractivity contribution in [2.24, 2.45) is 5.16 Å². The van der Waals surface area contributed by atoms with Gasteiger partial charge in [-0.1, -0.05) is 42.7 Å². The Bertz CT molecular complexity index is 1800. The lowest BCUT2D eigenvalue weighted by atomic mass is 10.2. The van der Waals surface area contributed by atoms with Crippen molar-refractivity contribution < 1.29 is 14.0 Å². The molecule has 0 bridgehead atoms. The maximum Gasteiger partial charge on any atom is 0.141 e. The van der Waals surface area contributed by atoms with Crippen LogP contribution in [0, 0.1) is 5.82 Å². The first-order valence-corrected chi connectivity index (χ1v) is 15.2. The molecule has 6 rings (SSSR count). The molecular weight excluding hydrogens is 579 g/mol. The zero-order valence-corrected chi connectivity index (χ0v) is 25.5. The minimum absolute atomic E-state index is 0.212. The van der Waals surface area contributed by atoms with Crippen LogP contribution in [0.4, 0.5) is 15.9 Å². The molecule has 10 heteroatoms. The van der Waals surface area contributed by atoms with E-state index in [1.807, 2.05) is 18.2 Å². The third kappa shape index (κ3) is 6.69. The van der Waals surface area contributed by atoms with Crippen LogP contribution in [0.5, 0.6) is 5.75 Å². The Kier molecular flexibility index (Phi) is 9.04. The van der Waals surface area contributed by atoms with E-state index in [1.54, 1.807) is 24.3 Å². The van der Waals surface area contributed by atoms with E-state index in [-0.39, 0.29) is 12.4 Å². The van der Waals surface area contributed by atoms with Gasteiger partial charge >= 0.3 is 0 Å². The number of nitrogens with one attached hydrogen (secondary N) is 1. The molecule has 0 atom stereocenters. The summed E-state index contributed by atoms with van der Waals surface area (Å²) in [4.78, 5) is 17.0. The average molecular weight is 613 g/mol. The van der Waals surface area contributed by atoms with Gasteiger partial charge in [-0.25, -0.2) is 14.4 Å². The summed E-state index contributed by atoms with van der Waals surface area (Å²) in [6, 6.07) is 17.8. The molecule has 1 aliphatic carbocycles. The smallest absolute Gasteiger partial charge is 0.141 e. The second-order valence-corrected chi connectivity index (χ2v) is 11.0. The standard InChI is InChI=1S/C34H34ClFN6O2/c1-3-41(4-2)14-15-44-40-32-11-8-24-19-42(20-29(24)32)27-10-12-31-28(18-27)34(38-22-37-31)39-26-9-13-33(30(35)17-26)43-21-23-6-5-7-25(36)16-23/h5-7,9-10,12-13,16-20,22H,3-4,8,11,14-15,21H2,1-2H3,(H,37,38,39)/b40-32-. The van der Waals surface area contributed by atoms with E-state index in [0.717, 1.165) is 71.6 Å². The number of aryl methyl sites for hydroxylation is 1. The zero-order chi connectivity index (χ0) is 30.5. The fraction of sp³-hybridized carbons (Fsp3) is 0.265. The number of halogens is 2. The van der Waals surface area contributed by atoms with Crippen molar-refractivity contribution >= 4 is 39.7 Å². The summed E-state index contributed by atoms with van der Waals surface area (Å²) in [7, 11) is 0. The van der Waals surface area contributed by atoms with E-state index in [9.17, 15) is 4.39 Å². The topological polar surface area (TPSA) is 76.8 Å². The minimum Gasteiger partial charge on any atom is -0.487 e. The number of anilines is 2. The lowest BCUT2D eigenvalue weighted by molar-refractivity contribution is 0.114. The second kappa shape index (κ2) is 13.4. The van der Waals surface area contributed by atoms with E-state index < -0.39 is 0 Å². The van der Waals surface area contributed by atoms with Crippen LogP contribution in [0.2, 0.25) is 5.02 Å². The Morgan fingerprint density at radius 2 is 1.91 bits per heavy atom. The van der Waals surface area contributed by atoms with E-state index in [4.69, 9.17) is 21.2 Å². The van der Waals surface area contributed by atoms with Crippen LogP contribution >= 0.6 is 11.6 Å². The number of ether oxygens (including phenoxy) is 1. The molecule has 0 saturated heterocycles. The summed E-state index contributed by atoms with van der Waals surface area (Å²) in [5, 5.41) is 9.16. The third-order valence-corrected chi connectivity index (χ3v) is 8.11. The van der Waals surface area contributed by atoms with Crippen LogP contribution in [0.15, 0.2) is 84.5 Å². The summed E-state index contributed by atoms with van der Waals surface area (Å²) in [6.45, 7) is 7.98. The number of aromatic nitrogens is 3. The molecule has 0 fully saturated rings. The number of oxime groups is 1. The van der Waals surface area contributed by atoms with Gasteiger partial charge in [-0.15, -0.1) is 0 Å². The minimum atomic E-state index is -0.303. The van der Waals surface area contributed by atoms with E-state index in [2.05, 4.69) is 62.2 Å². The summed E-state index contributed by atoms with van der Waals surface area (Å²) in [5.41, 5.74) is 6.66. The number of hydrogen-bond donors (Lipinski definition) is 1. The molecule has 1 N–H and O–H groups in total. The van der Waals surface area contributed by atoms with E-state index >= 15 is 0 Å². The van der Waals surface area contributed by atoms with Gasteiger partial charge in [0.15, 0.2) is 0 Å². The molecule has 2 aromatic heterocycles. The first-order chi connectivity index (χ1) is 21.5. The van der Waals surface area contributed by atoms with Gasteiger partial charge in [0.1, 0.15) is 36.9 Å². The Morgan fingerprint density at radius 1 is 1.02 bits per heavy atom. The average Bonchev–Trinajstić information content (AvgIpc) is 3.62. The highest BCUT2D eigenvalue weighted by molar-refractivity contribution is 6.32. The fourth-order valence-electron chi connectivity index (χ4n) is 5.35. The number of likely N-dealkylation sites (N-methyl/N-ethyl adjacent to an activating group) is 1. The van der Waals surface area contributed by atoms with Crippen LogP contribution in [-0.2, 0) is 17.9 Å². The monoisotopic (exact) mass is 612 g/mol. The lowest BCUT2D eigenvalue weighted by Crippen LogP contribution is -2.26. The molecule has 0 unspecified atom stereocenters. The quantitative estimate of drug-likeness (QED) is 0.116. The van der Waals surface area contributed by atoms with Crippen molar-refractivity contribution in [2.45, 2.75) is 33.3 Å². The largest absolute Gasteiger partial charge is 0.487 e. The second-order valence-electron chi connectivity index (χ2n) is 10.6. The Morgan fingerprint density at radius 3 is 2.73 bits per heavy atom. The first-order valence-electron chi connectivity index (χ1n) is 14.8. The van der Waals surface area contributed by atoms with Gasteiger partial charge in [-0.05, 0) is 85.6 Å². The van der Waals surface area contributed by atoms with E-state index in [0.29, 0.717) is 23.2 Å². The summed E-state index contributed by atoms with van der Waals surface area (Å²) in [5.74, 6) is 0.863. The SMILES string of the molecule is CCN(CC)CCO/N=C1/CCc2cn(-c3ccc4ncnc(Nc5ccc(OCc6cccc(F)c6)c(Cl)c5)c4c3)cc21. The van der Waals surface area contributed by atoms with Crippen LogP contribution in [-0.4, -0.2) is 51.4 Å². The number of rotatable bonds is 12. The third-order valence-electron chi connectivity index (χ3n) is 7.81. The molecule has 0 radical (unpaired) electrons. The predicted molar refractivity (Wildman–Crippen MR) is 173 cm³/mol. The van der Waals surface area contributed by atoms with Crippen LogP contribution in [0.25, 0.3) is 16.6 Å². The maximum absolute atomic E-state index is 13.5. The zero-order valence-electron chi connectivity index (χ0n) is 24.8. The molecule has 44 heavy (non-hydrogen) atoms. The summed E-state index contributed by atoms with van der Waals surface area (Å²) < 4.78 is 21.4. The number of nitrogens with zero attached hydrogens (tertiary/aromatic N) is 5. The molecule has 0 aliphatic heterocycles. The van der Waals surface area contributed by atoms with E-state index in [1.165, 1.54) is 24.0 Å². The molecule has 0 saturated carbocycles. The van der Waals surface area contributed by atoms with Crippen molar-refractivity contribution in [3.05, 3.63) is 107 Å². The van der Waals surface area contributed by atoms with Crippen molar-refractivity contribution in [1.29, 1.82) is 0 Å². The number of fused-ring (bicyclic) bond motifs is 2. The highest BCUT2D eigenvalue weighted by atomic mass is 35.5. The van der Waals surface area contributed by atoms with Crippen molar-refractivity contribution in [1.82, 2.24) is 19.4 Å². The molecule has 226 valence electrons. The van der Waals surface area contributed by atoms with Crippen molar-refractivity contribution in [2.75, 3.05) is 31.6 Å². The van der Waals surface area contributed by atoms with Gasteiger partial charge in [-0.2, -0.15) is 0 Å². The Labute approximate surface area is 261 Å². The first kappa shape index (κ1) is 29.6. The highest BCUT2D eigenvalue weighted by Gasteiger charge is 2.21. The lowest BCUT2D eigenvalue weighted by Gasteiger charge is -2.16. The predicted octanol–water partition coefficient (Wildman–Crippen LogP) is 7.54. The summed E-state index contributed by atoms with van der Waals surface area (Å²) in [6.07, 6.45) is 7.64. The molecule has 2 heterocycles. The molecule has 8 nitrogen and oxygen atoms in total. The van der Waals surface area contributed by atoms with Gasteiger partial charge in [0, 0.05) is 41.3 Å². The molecule has 0 amide bonds. The van der Waals surface area contributed by atoms with Crippen molar-refractivity contribution in [3.63, 3.8) is 0 Å². The highest BCUT2D eigenvalue weighted by Crippen LogP contribution is 2.32. The molecular formula is C34H34ClFN6O2. The summed E-state index contributed by atoms with van der Waals surface area (Å²) >= 11 is 6.54. The normalized spacial score (nSPS) is 13.5. The van der Waals surface area contributed by atoms with Crippen molar-refractivity contribution in [3.8, 4) is 11.4 Å². The van der Waals surface area contributed by atoms with Gasteiger partial charge in [0.25, 0.3) is 0 Å². The molecule has 5 aromatic rings. The molecule has 0 spiro atoms.